The van der Waals surface area contributed by atoms with Crippen LogP contribution in [0.25, 0.3) is 0 Å². The monoisotopic (exact) mass is 706 g/mol. The van der Waals surface area contributed by atoms with Crippen LogP contribution in [0.5, 0.6) is 0 Å². The van der Waals surface area contributed by atoms with Crippen LogP contribution in [0.2, 0.25) is 0 Å². The maximum atomic E-state index is 14.5. The Bertz CT molecular complexity index is 1340. The van der Waals surface area contributed by atoms with Crippen LogP contribution in [0.4, 0.5) is 4.79 Å². The molecule has 49 heavy (non-hydrogen) atoms. The first-order valence-electron chi connectivity index (χ1n) is 17.6. The Morgan fingerprint density at radius 1 is 1.14 bits per heavy atom. The van der Waals surface area contributed by atoms with Gasteiger partial charge in [0.1, 0.15) is 18.0 Å². The van der Waals surface area contributed by atoms with Gasteiger partial charge in [-0.25, -0.2) is 9.59 Å². The van der Waals surface area contributed by atoms with E-state index in [4.69, 9.17) is 23.7 Å². The van der Waals surface area contributed by atoms with E-state index >= 15 is 0 Å². The third-order valence-corrected chi connectivity index (χ3v) is 11.9. The van der Waals surface area contributed by atoms with Crippen LogP contribution < -0.4 is 0 Å². The molecule has 2 saturated heterocycles. The lowest BCUT2D eigenvalue weighted by atomic mass is 9.74. The number of hydrogen-bond acceptors (Lipinski definition) is 11. The van der Waals surface area contributed by atoms with Crippen LogP contribution in [-0.2, 0) is 39.7 Å². The molecule has 0 saturated carbocycles. The highest BCUT2D eigenvalue weighted by Crippen LogP contribution is 2.43. The summed E-state index contributed by atoms with van der Waals surface area (Å²) in [7, 11) is 5.42. The second kappa shape index (κ2) is 15.9. The summed E-state index contributed by atoms with van der Waals surface area (Å²) in [6, 6.07) is 3.11. The highest BCUT2D eigenvalue weighted by atomic mass is 32.1. The molecule has 12 atom stereocenters. The van der Waals surface area contributed by atoms with Gasteiger partial charge in [0, 0.05) is 47.9 Å². The fourth-order valence-corrected chi connectivity index (χ4v) is 9.00. The lowest BCUT2D eigenvalue weighted by molar-refractivity contribution is -0.294. The van der Waals surface area contributed by atoms with Crippen LogP contribution >= 0.6 is 11.3 Å². The predicted octanol–water partition coefficient (Wildman–Crippen LogP) is 5.24. The van der Waals surface area contributed by atoms with E-state index in [0.717, 1.165) is 4.88 Å². The number of Topliss-reactive ketones (excluding diaryl/α,β-unsaturated/α-hetero) is 1. The summed E-state index contributed by atoms with van der Waals surface area (Å²) < 4.78 is 31.3. The molecule has 276 valence electrons. The summed E-state index contributed by atoms with van der Waals surface area (Å²) in [6.07, 6.45) is -0.456. The third-order valence-electron chi connectivity index (χ3n) is 11.0. The van der Waals surface area contributed by atoms with E-state index in [0.29, 0.717) is 31.4 Å². The molecule has 0 bridgehead atoms. The molecule has 1 aromatic heterocycles. The number of amides is 1. The second-order valence-electron chi connectivity index (χ2n) is 15.0. The van der Waals surface area contributed by atoms with Crippen LogP contribution in [0.3, 0.4) is 0 Å². The summed E-state index contributed by atoms with van der Waals surface area (Å²) in [5.74, 6) is -2.22. The topological polar surface area (TPSA) is 124 Å². The highest BCUT2D eigenvalue weighted by molar-refractivity contribution is 7.09. The van der Waals surface area contributed by atoms with Gasteiger partial charge < -0.3 is 33.7 Å². The second-order valence-corrected chi connectivity index (χ2v) is 16.0. The van der Waals surface area contributed by atoms with E-state index in [1.165, 1.54) is 0 Å². The normalized spacial score (nSPS) is 40.7. The summed E-state index contributed by atoms with van der Waals surface area (Å²) in [6.45, 7) is 15.2. The van der Waals surface area contributed by atoms with Crippen molar-refractivity contribution in [2.75, 3.05) is 27.7 Å². The number of ketones is 1. The van der Waals surface area contributed by atoms with Crippen molar-refractivity contribution in [3.8, 4) is 0 Å². The van der Waals surface area contributed by atoms with Crippen LogP contribution in [-0.4, -0.2) is 114 Å². The van der Waals surface area contributed by atoms with Gasteiger partial charge in [-0.2, -0.15) is 0 Å². The number of methoxy groups -OCH3 is 1. The minimum atomic E-state index is -1.27. The van der Waals surface area contributed by atoms with Gasteiger partial charge in [-0.3, -0.25) is 9.69 Å². The molecule has 1 amide bonds. The molecule has 0 aromatic carbocycles. The quantitative estimate of drug-likeness (QED) is 0.359. The van der Waals surface area contributed by atoms with Gasteiger partial charge in [-0.05, 0) is 78.9 Å². The predicted molar refractivity (Wildman–Crippen MR) is 187 cm³/mol. The van der Waals surface area contributed by atoms with Gasteiger partial charge in [0.15, 0.2) is 11.9 Å². The van der Waals surface area contributed by atoms with Crippen molar-refractivity contribution in [2.24, 2.45) is 17.8 Å². The van der Waals surface area contributed by atoms with Gasteiger partial charge in [-0.15, -0.1) is 11.3 Å². The molecule has 0 spiro atoms. The molecule has 3 aliphatic heterocycles. The number of nitrogens with zero attached hydrogens (tertiary/aromatic N) is 2. The Morgan fingerprint density at radius 3 is 2.43 bits per heavy atom. The number of aliphatic hydroxyl groups is 1. The molecular formula is C37H58N2O9S. The van der Waals surface area contributed by atoms with E-state index in [9.17, 15) is 19.5 Å². The number of rotatable bonds is 8. The van der Waals surface area contributed by atoms with Gasteiger partial charge in [0.05, 0.1) is 23.9 Å². The molecule has 4 heterocycles. The Labute approximate surface area is 296 Å². The fourth-order valence-electron chi connectivity index (χ4n) is 8.30. The molecule has 1 aromatic rings. The first kappa shape index (κ1) is 39.4. The summed E-state index contributed by atoms with van der Waals surface area (Å²) in [4.78, 5) is 46.6. The summed E-state index contributed by atoms with van der Waals surface area (Å²) >= 11 is 1.61. The van der Waals surface area contributed by atoms with E-state index in [1.807, 2.05) is 78.1 Å². The molecule has 1 N–H and O–H groups in total. The number of hydrogen-bond donors (Lipinski definition) is 1. The number of cyclic esters (lactones) is 1. The highest BCUT2D eigenvalue weighted by Gasteiger charge is 2.60. The zero-order chi connectivity index (χ0) is 36.4. The number of ether oxygens (including phenoxy) is 5. The molecule has 3 aliphatic rings. The first-order chi connectivity index (χ1) is 23.0. The zero-order valence-electron chi connectivity index (χ0n) is 31.1. The smallest absolute Gasteiger partial charge is 0.410 e. The average Bonchev–Trinajstić information content (AvgIpc) is 3.66. The summed E-state index contributed by atoms with van der Waals surface area (Å²) in [5.41, 5.74) is -1.96. The van der Waals surface area contributed by atoms with Crippen molar-refractivity contribution in [1.29, 1.82) is 0 Å². The Hall–Kier alpha value is -2.35. The molecule has 0 radical (unpaired) electrons. The summed E-state index contributed by atoms with van der Waals surface area (Å²) in [5, 5.41) is 13.4. The van der Waals surface area contributed by atoms with E-state index < -0.39 is 71.7 Å². The lowest BCUT2D eigenvalue weighted by Gasteiger charge is -2.47. The molecule has 0 aliphatic carbocycles. The molecule has 12 heteroatoms. The number of esters is 1. The molecule has 4 rings (SSSR count). The maximum absolute atomic E-state index is 14.5. The fraction of sp³-hybridized carbons (Fsp3) is 0.757. The van der Waals surface area contributed by atoms with Crippen molar-refractivity contribution < 1.29 is 43.2 Å². The Kier molecular flexibility index (Phi) is 12.8. The van der Waals surface area contributed by atoms with Crippen LogP contribution in [0.1, 0.15) is 79.5 Å². The number of carbonyl (C=O) groups is 3. The molecule has 0 unspecified atom stereocenters. The van der Waals surface area contributed by atoms with Crippen LogP contribution in [0, 0.1) is 17.8 Å². The minimum absolute atomic E-state index is 0.0643. The van der Waals surface area contributed by atoms with Gasteiger partial charge in [-0.1, -0.05) is 39.8 Å². The van der Waals surface area contributed by atoms with E-state index in [1.54, 1.807) is 43.3 Å². The molecule has 2 fully saturated rings. The number of fused-ring (bicyclic) bond motifs is 1. The Morgan fingerprint density at radius 2 is 1.84 bits per heavy atom. The number of thiophene rings is 1. The van der Waals surface area contributed by atoms with E-state index in [2.05, 4.69) is 0 Å². The zero-order valence-corrected chi connectivity index (χ0v) is 32.0. The van der Waals surface area contributed by atoms with Crippen molar-refractivity contribution in [2.45, 2.75) is 135 Å². The van der Waals surface area contributed by atoms with Gasteiger partial charge in [0.2, 0.25) is 0 Å². The van der Waals surface area contributed by atoms with Crippen molar-refractivity contribution in [3.05, 3.63) is 34.0 Å². The van der Waals surface area contributed by atoms with Gasteiger partial charge in [0.25, 0.3) is 0 Å². The average molecular weight is 707 g/mol. The van der Waals surface area contributed by atoms with E-state index in [-0.39, 0.29) is 24.3 Å². The van der Waals surface area contributed by atoms with Crippen molar-refractivity contribution >= 4 is 29.2 Å². The molecule has 11 nitrogen and oxygen atoms in total. The lowest BCUT2D eigenvalue weighted by Crippen LogP contribution is -2.59. The van der Waals surface area contributed by atoms with Gasteiger partial charge >= 0.3 is 12.1 Å². The van der Waals surface area contributed by atoms with Crippen molar-refractivity contribution in [1.82, 2.24) is 9.80 Å². The first-order valence-corrected chi connectivity index (χ1v) is 18.5. The van der Waals surface area contributed by atoms with Crippen LogP contribution in [0.15, 0.2) is 29.2 Å². The standard InChI is InChI=1S/C37H58N2O9S/c1-12-28-37(8)31(39(35(43)48-37)16-15-26-14-13-17-49-26)25(6)29(40)23(4)20-36(7,44-11)32(21(2)18-22(3)33(42)46-28)47-34-30(41)27(38(9)10)19-24(5)45-34/h13-14,17-18,21,23-25,27-28,30-32,34,41H,12,15-16,19-20H2,1-11H3/b22-18+/t21-,23+,24+,25-,27-,28+,30+,31+,32+,34-,36-,37+/m0/s1. The number of carbonyl (C=O) groups excluding carboxylic acids is 3. The molecular weight excluding hydrogens is 648 g/mol. The minimum Gasteiger partial charge on any atom is -0.455 e. The maximum Gasteiger partial charge on any atom is 0.410 e. The third kappa shape index (κ3) is 8.25. The Balaban J connectivity index is 1.76. The number of aliphatic hydroxyl groups excluding tert-OH is 1. The SMILES string of the molecule is CC[C@H]1OC(=O)/C(C)=C/[C@H](C)[C@@H](O[C@@H]2O[C@H](C)C[C@H](N(C)C)[C@H]2O)[C@@](C)(OC)C[C@@H](C)C(=O)[C@H](C)[C@H]2N(CCc3cccs3)C(=O)O[C@]12C. The van der Waals surface area contributed by atoms with Crippen molar-refractivity contribution in [3.63, 3.8) is 0 Å². The number of likely N-dealkylation sites (N-methyl/N-ethyl adjacent to an activating group) is 1. The largest absolute Gasteiger partial charge is 0.455 e.